The van der Waals surface area contributed by atoms with E-state index in [1.165, 1.54) is 24.3 Å². The number of carbonyl (C=O) groups is 2. The molecule has 0 radical (unpaired) electrons. The monoisotopic (exact) mass is 372 g/mol. The third kappa shape index (κ3) is 2.35. The second-order valence-electron chi connectivity index (χ2n) is 6.47. The largest absolute Gasteiger partial charge is 0.508 e. The fourth-order valence-corrected chi connectivity index (χ4v) is 3.44. The lowest BCUT2D eigenvalue weighted by atomic mass is 10.0. The first-order valence-corrected chi connectivity index (χ1v) is 8.47. The van der Waals surface area contributed by atoms with E-state index in [9.17, 15) is 19.8 Å². The lowest BCUT2D eigenvalue weighted by Gasteiger charge is -2.00. The highest BCUT2D eigenvalue weighted by Crippen LogP contribution is 2.28. The van der Waals surface area contributed by atoms with Crippen molar-refractivity contribution in [1.29, 1.82) is 0 Å². The number of hydrogen-bond acceptors (Lipinski definition) is 6. The number of fused-ring (bicyclic) bond motifs is 2. The van der Waals surface area contributed by atoms with Gasteiger partial charge in [0, 0.05) is 10.4 Å². The Kier molecular flexibility index (Phi) is 3.30. The second kappa shape index (κ2) is 5.72. The Labute approximate surface area is 158 Å². The molecule has 28 heavy (non-hydrogen) atoms. The Morgan fingerprint density at radius 3 is 1.29 bits per heavy atom. The fraction of sp³-hybridized carbons (Fsp3) is 0. The molecule has 0 fully saturated rings. The van der Waals surface area contributed by atoms with E-state index in [2.05, 4.69) is 0 Å². The molecule has 2 heterocycles. The first-order valence-electron chi connectivity index (χ1n) is 8.47. The van der Waals surface area contributed by atoms with Crippen molar-refractivity contribution in [1.82, 2.24) is 0 Å². The molecule has 0 atom stereocenters. The summed E-state index contributed by atoms with van der Waals surface area (Å²) in [7, 11) is 0. The molecule has 0 aliphatic carbocycles. The maximum atomic E-state index is 12.4. The predicted octanol–water partition coefficient (Wildman–Crippen LogP) is 1.33. The van der Waals surface area contributed by atoms with E-state index >= 15 is 0 Å². The first-order chi connectivity index (χ1) is 13.5. The van der Waals surface area contributed by atoms with Crippen LogP contribution in [0.2, 0.25) is 0 Å². The molecule has 0 bridgehead atoms. The van der Waals surface area contributed by atoms with Crippen molar-refractivity contribution in [2.24, 2.45) is 0 Å². The van der Waals surface area contributed by atoms with Crippen molar-refractivity contribution >= 4 is 23.1 Å². The Balaban J connectivity index is 1.76. The molecular weight excluding hydrogens is 360 g/mol. The fourth-order valence-electron chi connectivity index (χ4n) is 3.44. The molecule has 6 nitrogen and oxygen atoms in total. The van der Waals surface area contributed by atoms with Gasteiger partial charge in [0.1, 0.15) is 23.0 Å². The van der Waals surface area contributed by atoms with Gasteiger partial charge in [0.2, 0.25) is 0 Å². The van der Waals surface area contributed by atoms with Gasteiger partial charge in [0.05, 0.1) is 11.1 Å². The number of ether oxygens (including phenoxy) is 2. The first kappa shape index (κ1) is 16.1. The van der Waals surface area contributed by atoms with Crippen LogP contribution in [0.3, 0.4) is 0 Å². The molecule has 0 amide bonds. The number of phenols is 2. The normalized spacial score (nSPS) is 14.6. The predicted molar refractivity (Wildman–Crippen MR) is 98.2 cm³/mol. The summed E-state index contributed by atoms with van der Waals surface area (Å²) in [6, 6.07) is 15.6. The molecule has 2 aliphatic rings. The van der Waals surface area contributed by atoms with Crippen LogP contribution in [0.25, 0.3) is 11.1 Å². The molecule has 0 saturated heterocycles. The highest BCUT2D eigenvalue weighted by Gasteiger charge is 2.30. The summed E-state index contributed by atoms with van der Waals surface area (Å²) in [5.74, 6) is -0.175. The van der Waals surface area contributed by atoms with E-state index in [-0.39, 0.29) is 11.5 Å². The van der Waals surface area contributed by atoms with Crippen LogP contribution in [0, 0.1) is 0 Å². The van der Waals surface area contributed by atoms with Gasteiger partial charge in [-0.1, -0.05) is 24.3 Å². The van der Waals surface area contributed by atoms with Crippen LogP contribution in [0.5, 0.6) is 23.0 Å². The maximum absolute atomic E-state index is 12.4. The Hall–Kier alpha value is -4.06. The molecule has 5 rings (SSSR count). The molecular formula is C22H12O6. The van der Waals surface area contributed by atoms with Gasteiger partial charge >= 0.3 is 11.9 Å². The average molecular weight is 372 g/mol. The van der Waals surface area contributed by atoms with Gasteiger partial charge in [-0.25, -0.2) is 9.59 Å². The van der Waals surface area contributed by atoms with E-state index in [1.54, 1.807) is 36.4 Å². The molecule has 0 saturated carbocycles. The minimum atomic E-state index is -0.512. The Morgan fingerprint density at radius 2 is 0.929 bits per heavy atom. The van der Waals surface area contributed by atoms with E-state index in [4.69, 9.17) is 9.47 Å². The minimum absolute atomic E-state index is 0.0898. The van der Waals surface area contributed by atoms with E-state index in [0.717, 1.165) is 0 Å². The molecule has 0 spiro atoms. The number of aromatic hydroxyl groups is 2. The molecule has 3 aromatic carbocycles. The van der Waals surface area contributed by atoms with Crippen LogP contribution in [-0.2, 0) is 9.59 Å². The summed E-state index contributed by atoms with van der Waals surface area (Å²) in [5.41, 5.74) is 1.86. The zero-order valence-corrected chi connectivity index (χ0v) is 14.3. The van der Waals surface area contributed by atoms with Crippen molar-refractivity contribution in [3.05, 3.63) is 82.2 Å². The minimum Gasteiger partial charge on any atom is -0.508 e. The van der Waals surface area contributed by atoms with E-state index in [0.29, 0.717) is 44.2 Å². The number of phenolic OH excluding ortho intramolecular Hbond substituents is 2. The van der Waals surface area contributed by atoms with Gasteiger partial charge in [0.25, 0.3) is 0 Å². The smallest absolute Gasteiger partial charge is 0.344 e. The SMILES string of the molecule is O=C1Oc2cc3c(cc2=C1c1ccc(O)cc1)OC(=O)C=3c1ccc(O)cc1. The van der Waals surface area contributed by atoms with Crippen LogP contribution >= 0.6 is 0 Å². The Morgan fingerprint density at radius 1 is 0.571 bits per heavy atom. The molecule has 0 unspecified atom stereocenters. The quantitative estimate of drug-likeness (QED) is 0.521. The lowest BCUT2D eigenvalue weighted by molar-refractivity contribution is -0.128. The summed E-state index contributed by atoms with van der Waals surface area (Å²) in [6.45, 7) is 0. The van der Waals surface area contributed by atoms with Gasteiger partial charge in [0.15, 0.2) is 0 Å². The van der Waals surface area contributed by atoms with Crippen LogP contribution in [0.4, 0.5) is 0 Å². The Bertz CT molecular complexity index is 1180. The molecule has 6 heteroatoms. The van der Waals surface area contributed by atoms with Crippen molar-refractivity contribution in [2.45, 2.75) is 0 Å². The summed E-state index contributed by atoms with van der Waals surface area (Å²) < 4.78 is 10.8. The number of carbonyl (C=O) groups excluding carboxylic acids is 2. The summed E-state index contributed by atoms with van der Waals surface area (Å²) >= 11 is 0. The maximum Gasteiger partial charge on any atom is 0.344 e. The van der Waals surface area contributed by atoms with Crippen LogP contribution in [0.15, 0.2) is 60.7 Å². The van der Waals surface area contributed by atoms with Gasteiger partial charge in [-0.2, -0.15) is 0 Å². The molecule has 2 N–H and O–H groups in total. The summed E-state index contributed by atoms with van der Waals surface area (Å²) in [4.78, 5) is 24.9. The standard InChI is InChI=1S/C22H12O6/c23-13-5-1-11(2-6-13)19-15-9-18-16(10-17(15)27-21(19)25)20(22(26)28-18)12-3-7-14(24)8-4-12/h1-10,23-24H. The van der Waals surface area contributed by atoms with Crippen molar-refractivity contribution < 1.29 is 29.3 Å². The van der Waals surface area contributed by atoms with E-state index < -0.39 is 11.9 Å². The van der Waals surface area contributed by atoms with Crippen molar-refractivity contribution in [3.8, 4) is 23.0 Å². The number of benzene rings is 3. The van der Waals surface area contributed by atoms with Gasteiger partial charge < -0.3 is 19.7 Å². The average Bonchev–Trinajstić information content (AvgIpc) is 3.16. The summed E-state index contributed by atoms with van der Waals surface area (Å²) in [5, 5.41) is 20.0. The van der Waals surface area contributed by atoms with E-state index in [1.807, 2.05) is 0 Å². The van der Waals surface area contributed by atoms with Gasteiger partial charge in [-0.3, -0.25) is 0 Å². The summed E-state index contributed by atoms with van der Waals surface area (Å²) in [6.07, 6.45) is 0. The number of rotatable bonds is 2. The third-order valence-corrected chi connectivity index (χ3v) is 4.75. The highest BCUT2D eigenvalue weighted by molar-refractivity contribution is 6.21. The number of esters is 2. The van der Waals surface area contributed by atoms with Crippen LogP contribution < -0.4 is 19.9 Å². The lowest BCUT2D eigenvalue weighted by Crippen LogP contribution is -2.11. The van der Waals surface area contributed by atoms with Crippen LogP contribution in [0.1, 0.15) is 11.1 Å². The molecule has 0 aromatic heterocycles. The zero-order valence-electron chi connectivity index (χ0n) is 14.3. The second-order valence-corrected chi connectivity index (χ2v) is 6.47. The molecule has 2 aliphatic heterocycles. The number of hydrogen-bond donors (Lipinski definition) is 2. The third-order valence-electron chi connectivity index (χ3n) is 4.75. The van der Waals surface area contributed by atoms with Gasteiger partial charge in [-0.05, 0) is 47.5 Å². The highest BCUT2D eigenvalue weighted by atomic mass is 16.5. The zero-order chi connectivity index (χ0) is 19.4. The van der Waals surface area contributed by atoms with Crippen LogP contribution in [-0.4, -0.2) is 22.2 Å². The molecule has 136 valence electrons. The van der Waals surface area contributed by atoms with Crippen molar-refractivity contribution in [2.75, 3.05) is 0 Å². The van der Waals surface area contributed by atoms with Gasteiger partial charge in [-0.15, -0.1) is 0 Å². The molecule has 3 aromatic rings. The topological polar surface area (TPSA) is 93.1 Å². The van der Waals surface area contributed by atoms with Crippen molar-refractivity contribution in [3.63, 3.8) is 0 Å².